The lowest BCUT2D eigenvalue weighted by molar-refractivity contribution is -0.385. The maximum absolute atomic E-state index is 11.1. The first-order valence-corrected chi connectivity index (χ1v) is 7.05. The molecule has 0 unspecified atom stereocenters. The number of ether oxygens (including phenoxy) is 1. The fourth-order valence-electron chi connectivity index (χ4n) is 2.73. The van der Waals surface area contributed by atoms with Crippen molar-refractivity contribution in [3.8, 4) is 5.75 Å². The number of hydrogen-bond donors (Lipinski definition) is 2. The Labute approximate surface area is 123 Å². The van der Waals surface area contributed by atoms with Crippen LogP contribution in [0.3, 0.4) is 0 Å². The number of aliphatic hydroxyl groups is 1. The molecule has 1 heterocycles. The fourth-order valence-corrected chi connectivity index (χ4v) is 2.73. The minimum Gasteiger partial charge on any atom is -0.490 e. The summed E-state index contributed by atoms with van der Waals surface area (Å²) >= 11 is 0. The van der Waals surface area contributed by atoms with Crippen LogP contribution >= 0.6 is 0 Å². The van der Waals surface area contributed by atoms with Crippen LogP contribution in [-0.4, -0.2) is 54.8 Å². The summed E-state index contributed by atoms with van der Waals surface area (Å²) < 4.78 is 5.03. The molecule has 1 fully saturated rings. The molecule has 1 aromatic rings. The van der Waals surface area contributed by atoms with Crippen LogP contribution in [0.5, 0.6) is 5.75 Å². The van der Waals surface area contributed by atoms with Gasteiger partial charge in [0, 0.05) is 44.9 Å². The molecule has 0 bridgehead atoms. The number of nitrogens with one attached hydrogen (secondary N) is 1. The number of benzene rings is 1. The molecule has 7 heteroatoms. The van der Waals surface area contributed by atoms with Crippen molar-refractivity contribution in [2.24, 2.45) is 0 Å². The van der Waals surface area contributed by atoms with Gasteiger partial charge in [0.25, 0.3) is 0 Å². The van der Waals surface area contributed by atoms with Crippen molar-refractivity contribution < 1.29 is 14.8 Å². The van der Waals surface area contributed by atoms with Gasteiger partial charge in [-0.25, -0.2) is 0 Å². The van der Waals surface area contributed by atoms with Gasteiger partial charge in [-0.2, -0.15) is 0 Å². The van der Waals surface area contributed by atoms with Gasteiger partial charge < -0.3 is 15.2 Å². The predicted molar refractivity (Wildman–Crippen MR) is 78.5 cm³/mol. The fraction of sp³-hybridized carbons (Fsp3) is 0.571. The molecular formula is C14H21N3O4. The average molecular weight is 295 g/mol. The van der Waals surface area contributed by atoms with Crippen molar-refractivity contribution in [1.29, 1.82) is 0 Å². The molecule has 2 rings (SSSR count). The number of aliphatic hydroxyl groups excluding tert-OH is 1. The van der Waals surface area contributed by atoms with Crippen molar-refractivity contribution >= 4 is 5.69 Å². The summed E-state index contributed by atoms with van der Waals surface area (Å²) in [7, 11) is 1.42. The van der Waals surface area contributed by atoms with Gasteiger partial charge in [-0.15, -0.1) is 0 Å². The van der Waals surface area contributed by atoms with Crippen LogP contribution in [0.1, 0.15) is 18.0 Å². The van der Waals surface area contributed by atoms with E-state index in [1.165, 1.54) is 7.11 Å². The topological polar surface area (TPSA) is 87.9 Å². The number of nitro benzene ring substituents is 1. The van der Waals surface area contributed by atoms with Gasteiger partial charge in [0.05, 0.1) is 12.0 Å². The molecule has 0 amide bonds. The molecule has 1 atom stereocenters. The van der Waals surface area contributed by atoms with Crippen LogP contribution in [0.2, 0.25) is 0 Å². The lowest BCUT2D eigenvalue weighted by Crippen LogP contribution is -2.45. The number of nitrogens with zero attached hydrogens (tertiary/aromatic N) is 2. The van der Waals surface area contributed by atoms with E-state index in [2.05, 4.69) is 10.2 Å². The Morgan fingerprint density at radius 3 is 2.76 bits per heavy atom. The van der Waals surface area contributed by atoms with Gasteiger partial charge in [0.1, 0.15) is 0 Å². The lowest BCUT2D eigenvalue weighted by atomic mass is 10.0. The van der Waals surface area contributed by atoms with E-state index in [-0.39, 0.29) is 24.1 Å². The van der Waals surface area contributed by atoms with Crippen LogP contribution in [-0.2, 0) is 0 Å². The van der Waals surface area contributed by atoms with Crippen LogP contribution in [0.15, 0.2) is 18.2 Å². The van der Waals surface area contributed by atoms with E-state index in [0.717, 1.165) is 31.7 Å². The van der Waals surface area contributed by atoms with E-state index in [1.54, 1.807) is 12.1 Å². The molecule has 0 aromatic heterocycles. The largest absolute Gasteiger partial charge is 0.490 e. The second kappa shape index (κ2) is 7.35. The number of methoxy groups -OCH3 is 1. The van der Waals surface area contributed by atoms with Crippen molar-refractivity contribution in [3.63, 3.8) is 0 Å². The minimum absolute atomic E-state index is 0.0123. The van der Waals surface area contributed by atoms with Crippen LogP contribution < -0.4 is 10.1 Å². The van der Waals surface area contributed by atoms with E-state index in [4.69, 9.17) is 4.74 Å². The van der Waals surface area contributed by atoms with Gasteiger partial charge in [0.15, 0.2) is 5.75 Å². The highest BCUT2D eigenvalue weighted by Gasteiger charge is 2.25. The van der Waals surface area contributed by atoms with E-state index in [9.17, 15) is 15.2 Å². The third-order valence-corrected chi connectivity index (χ3v) is 3.78. The zero-order valence-electron chi connectivity index (χ0n) is 12.1. The molecule has 0 aliphatic carbocycles. The van der Waals surface area contributed by atoms with E-state index >= 15 is 0 Å². The first-order chi connectivity index (χ1) is 10.2. The molecule has 1 saturated heterocycles. The van der Waals surface area contributed by atoms with Gasteiger partial charge in [-0.1, -0.05) is 6.07 Å². The van der Waals surface area contributed by atoms with Crippen molar-refractivity contribution in [3.05, 3.63) is 33.9 Å². The summed E-state index contributed by atoms with van der Waals surface area (Å²) in [6, 6.07) is 5.01. The third-order valence-electron chi connectivity index (χ3n) is 3.78. The second-order valence-electron chi connectivity index (χ2n) is 5.00. The number of nitro groups is 1. The Morgan fingerprint density at radius 1 is 1.48 bits per heavy atom. The molecule has 1 aromatic carbocycles. The summed E-state index contributed by atoms with van der Waals surface area (Å²) in [4.78, 5) is 13.0. The second-order valence-corrected chi connectivity index (χ2v) is 5.00. The maximum atomic E-state index is 11.1. The zero-order chi connectivity index (χ0) is 15.2. The monoisotopic (exact) mass is 295 g/mol. The first kappa shape index (κ1) is 15.7. The summed E-state index contributed by atoms with van der Waals surface area (Å²) in [6.07, 6.45) is 0.559. The van der Waals surface area contributed by atoms with Crippen molar-refractivity contribution in [1.82, 2.24) is 10.2 Å². The zero-order valence-corrected chi connectivity index (χ0v) is 12.1. The Morgan fingerprint density at radius 2 is 2.19 bits per heavy atom. The lowest BCUT2D eigenvalue weighted by Gasteiger charge is -2.35. The van der Waals surface area contributed by atoms with E-state index in [0.29, 0.717) is 6.42 Å². The SMILES string of the molecule is COc1ccc([C@H](CCO)N2CCNCC2)cc1[N+](=O)[O-]. The highest BCUT2D eigenvalue weighted by atomic mass is 16.6. The Kier molecular flexibility index (Phi) is 5.49. The van der Waals surface area contributed by atoms with E-state index < -0.39 is 4.92 Å². The van der Waals surface area contributed by atoms with Gasteiger partial charge in [-0.3, -0.25) is 15.0 Å². The molecule has 1 aliphatic heterocycles. The maximum Gasteiger partial charge on any atom is 0.311 e. The first-order valence-electron chi connectivity index (χ1n) is 7.05. The molecule has 21 heavy (non-hydrogen) atoms. The van der Waals surface area contributed by atoms with Gasteiger partial charge in [0.2, 0.25) is 0 Å². The summed E-state index contributed by atoms with van der Waals surface area (Å²) in [5, 5.41) is 23.7. The Balaban J connectivity index is 2.30. The van der Waals surface area contributed by atoms with E-state index in [1.807, 2.05) is 6.07 Å². The molecule has 2 N–H and O–H groups in total. The quantitative estimate of drug-likeness (QED) is 0.599. The number of rotatable bonds is 6. The molecule has 0 radical (unpaired) electrons. The average Bonchev–Trinajstić information content (AvgIpc) is 2.52. The van der Waals surface area contributed by atoms with Crippen molar-refractivity contribution in [2.45, 2.75) is 12.5 Å². The number of piperazine rings is 1. The van der Waals surface area contributed by atoms with Crippen LogP contribution in [0.25, 0.3) is 0 Å². The molecule has 0 saturated carbocycles. The number of hydrogen-bond acceptors (Lipinski definition) is 6. The van der Waals surface area contributed by atoms with Crippen LogP contribution in [0, 0.1) is 10.1 Å². The highest BCUT2D eigenvalue weighted by molar-refractivity contribution is 5.49. The molecule has 7 nitrogen and oxygen atoms in total. The minimum atomic E-state index is -0.434. The smallest absolute Gasteiger partial charge is 0.311 e. The Hall–Kier alpha value is -1.70. The summed E-state index contributed by atoms with van der Waals surface area (Å²) in [6.45, 7) is 3.56. The molecule has 116 valence electrons. The third kappa shape index (κ3) is 3.69. The summed E-state index contributed by atoms with van der Waals surface area (Å²) in [5.74, 6) is 0.256. The molecular weight excluding hydrogens is 274 g/mol. The standard InChI is InChI=1S/C14H21N3O4/c1-21-14-3-2-11(10-13(14)17(19)20)12(4-9-18)16-7-5-15-6-8-16/h2-3,10,12,15,18H,4-9H2,1H3/t12-/m0/s1. The highest BCUT2D eigenvalue weighted by Crippen LogP contribution is 2.33. The van der Waals surface area contributed by atoms with Gasteiger partial charge >= 0.3 is 5.69 Å². The Bertz CT molecular complexity index is 489. The van der Waals surface area contributed by atoms with Gasteiger partial charge in [-0.05, 0) is 18.1 Å². The molecule has 0 spiro atoms. The molecule has 1 aliphatic rings. The van der Waals surface area contributed by atoms with Crippen molar-refractivity contribution in [2.75, 3.05) is 39.9 Å². The normalized spacial score (nSPS) is 17.4. The summed E-state index contributed by atoms with van der Waals surface area (Å²) in [5.41, 5.74) is 0.812. The van der Waals surface area contributed by atoms with Crippen LogP contribution in [0.4, 0.5) is 5.69 Å². The predicted octanol–water partition coefficient (Wildman–Crippen LogP) is 0.932.